The molecule has 0 aromatic rings. The molecule has 2 N–H and O–H groups in total. The summed E-state index contributed by atoms with van der Waals surface area (Å²) in [4.78, 5) is 4.22. The van der Waals surface area contributed by atoms with Crippen molar-refractivity contribution in [1.82, 2.24) is 15.5 Å². The maximum Gasteiger partial charge on any atom is 0.0805 e. The van der Waals surface area contributed by atoms with Crippen LogP contribution in [0.5, 0.6) is 0 Å². The Labute approximate surface area is 81.3 Å². The summed E-state index contributed by atoms with van der Waals surface area (Å²) in [5.74, 6) is 0. The van der Waals surface area contributed by atoms with Crippen molar-refractivity contribution in [1.29, 1.82) is 0 Å². The molecule has 0 heterocycles. The summed E-state index contributed by atoms with van der Waals surface area (Å²) in [5, 5.41) is 9.20. The van der Waals surface area contributed by atoms with Gasteiger partial charge in [-0.2, -0.15) is 0 Å². The van der Waals surface area contributed by atoms with E-state index in [0.717, 1.165) is 19.5 Å². The zero-order chi connectivity index (χ0) is 10.3. The fourth-order valence-electron chi connectivity index (χ4n) is 1.17. The van der Waals surface area contributed by atoms with Gasteiger partial charge in [0, 0.05) is 13.1 Å². The molecule has 0 fully saturated rings. The van der Waals surface area contributed by atoms with Crippen molar-refractivity contribution in [2.45, 2.75) is 12.5 Å². The van der Waals surface area contributed by atoms with Gasteiger partial charge in [-0.3, -0.25) is 5.73 Å². The van der Waals surface area contributed by atoms with E-state index in [4.69, 9.17) is 5.73 Å². The number of hydrogen-bond acceptors (Lipinski definition) is 3. The van der Waals surface area contributed by atoms with E-state index in [1.54, 1.807) is 0 Å². The summed E-state index contributed by atoms with van der Waals surface area (Å²) in [6.07, 6.45) is 0.609. The molecule has 0 bridgehead atoms. The number of aliphatic hydroxyl groups excluding tert-OH is 1. The molecular weight excluding hydrogens is 166 g/mol. The Balaban J connectivity index is 3.34. The van der Waals surface area contributed by atoms with E-state index < -0.39 is 6.10 Å². The number of aliphatic hydroxyl groups is 1. The normalized spacial score (nSPS) is 14.1. The Kier molecular flexibility index (Phi) is 7.17. The predicted octanol–water partition coefficient (Wildman–Crippen LogP) is -0.486. The topological polar surface area (TPSA) is 50.5 Å². The minimum Gasteiger partial charge on any atom is -0.390 e. The molecule has 1 unspecified atom stereocenters. The highest BCUT2D eigenvalue weighted by atomic mass is 16.3. The van der Waals surface area contributed by atoms with Crippen LogP contribution in [0.2, 0.25) is 0 Å². The number of nitrogens with zero attached hydrogens (tertiary/aromatic N) is 2. The minimum absolute atomic E-state index is 0.0953. The van der Waals surface area contributed by atoms with Crippen LogP contribution >= 0.6 is 0 Å². The zero-order valence-corrected chi connectivity index (χ0v) is 8.95. The first-order valence-electron chi connectivity index (χ1n) is 4.72. The second-order valence-electron chi connectivity index (χ2n) is 3.78. The summed E-state index contributed by atoms with van der Waals surface area (Å²) in [7, 11) is 6.09. The molecule has 0 rings (SSSR count). The van der Waals surface area contributed by atoms with Gasteiger partial charge in [-0.1, -0.05) is 0 Å². The number of hydrogen-bond donors (Lipinski definition) is 1. The molecule has 0 aromatic heterocycles. The summed E-state index contributed by atoms with van der Waals surface area (Å²) >= 11 is 0. The van der Waals surface area contributed by atoms with E-state index >= 15 is 0 Å². The Morgan fingerprint density at radius 1 is 1.23 bits per heavy atom. The first-order valence-corrected chi connectivity index (χ1v) is 4.72. The van der Waals surface area contributed by atoms with Crippen molar-refractivity contribution in [2.24, 2.45) is 0 Å². The summed E-state index contributed by atoms with van der Waals surface area (Å²) in [6.45, 7) is 2.76. The van der Waals surface area contributed by atoms with Gasteiger partial charge < -0.3 is 14.9 Å². The fourth-order valence-corrected chi connectivity index (χ4v) is 1.17. The fraction of sp³-hybridized carbons (Fsp3) is 1.00. The van der Waals surface area contributed by atoms with Crippen LogP contribution < -0.4 is 5.73 Å². The van der Waals surface area contributed by atoms with E-state index in [1.165, 1.54) is 0 Å². The lowest BCUT2D eigenvalue weighted by molar-refractivity contribution is 0.129. The molecule has 4 nitrogen and oxygen atoms in total. The smallest absolute Gasteiger partial charge is 0.0805 e. The van der Waals surface area contributed by atoms with Crippen LogP contribution in [0, 0.1) is 0 Å². The van der Waals surface area contributed by atoms with Crippen LogP contribution in [-0.2, 0) is 0 Å². The summed E-state index contributed by atoms with van der Waals surface area (Å²) in [6, 6.07) is 0. The highest BCUT2D eigenvalue weighted by molar-refractivity contribution is 4.61. The third kappa shape index (κ3) is 8.18. The van der Waals surface area contributed by atoms with Crippen molar-refractivity contribution < 1.29 is 5.11 Å². The van der Waals surface area contributed by atoms with Gasteiger partial charge in [-0.15, -0.1) is 0 Å². The first-order chi connectivity index (χ1) is 6.06. The van der Waals surface area contributed by atoms with Crippen molar-refractivity contribution in [3.8, 4) is 0 Å². The molecule has 1 radical (unpaired) electrons. The van der Waals surface area contributed by atoms with E-state index in [1.807, 2.05) is 7.05 Å². The maximum atomic E-state index is 9.20. The average molecular weight is 188 g/mol. The Hall–Kier alpha value is -0.160. The van der Waals surface area contributed by atoms with Gasteiger partial charge in [0.1, 0.15) is 0 Å². The van der Waals surface area contributed by atoms with Gasteiger partial charge in [-0.25, -0.2) is 0 Å². The summed E-state index contributed by atoms with van der Waals surface area (Å²) in [5.41, 5.74) is 6.96. The molecule has 0 aliphatic carbocycles. The van der Waals surface area contributed by atoms with Crippen LogP contribution in [0.15, 0.2) is 0 Å². The molecule has 0 aromatic carbocycles. The maximum absolute atomic E-state index is 9.20. The first kappa shape index (κ1) is 12.8. The molecule has 0 amide bonds. The third-order valence-corrected chi connectivity index (χ3v) is 1.90. The average Bonchev–Trinajstić information content (AvgIpc) is 2.03. The molecule has 1 atom stereocenters. The molecule has 0 aliphatic rings. The predicted molar refractivity (Wildman–Crippen MR) is 54.6 cm³/mol. The molecule has 0 aliphatic heterocycles. The lowest BCUT2D eigenvalue weighted by Gasteiger charge is -2.20. The zero-order valence-electron chi connectivity index (χ0n) is 8.95. The Morgan fingerprint density at radius 2 is 1.85 bits per heavy atom. The standard InChI is InChI=1S/C9H22N3O/c1-11(2)5-4-6-12(3)8-9(13)7-10/h9-10,13H,4-8H2,1-3H3. The lowest BCUT2D eigenvalue weighted by atomic mass is 10.3. The SMILES string of the molecule is CN(C)CCCN(C)CC(O)C[NH]. The van der Waals surface area contributed by atoms with Gasteiger partial charge in [0.05, 0.1) is 6.10 Å². The summed E-state index contributed by atoms with van der Waals surface area (Å²) < 4.78 is 0. The molecule has 4 heteroatoms. The molecule has 0 spiro atoms. The Morgan fingerprint density at radius 3 is 2.31 bits per heavy atom. The van der Waals surface area contributed by atoms with E-state index in [0.29, 0.717) is 6.54 Å². The van der Waals surface area contributed by atoms with Crippen molar-refractivity contribution in [3.05, 3.63) is 0 Å². The van der Waals surface area contributed by atoms with Crippen LogP contribution in [-0.4, -0.2) is 68.3 Å². The van der Waals surface area contributed by atoms with Gasteiger partial charge in [0.25, 0.3) is 0 Å². The Bertz CT molecular complexity index is 119. The molecule has 79 valence electrons. The molecular formula is C9H22N3O. The molecule has 13 heavy (non-hydrogen) atoms. The van der Waals surface area contributed by atoms with E-state index in [9.17, 15) is 5.11 Å². The minimum atomic E-state index is -0.496. The molecule has 0 saturated carbocycles. The van der Waals surface area contributed by atoms with Crippen molar-refractivity contribution in [3.63, 3.8) is 0 Å². The number of rotatable bonds is 7. The largest absolute Gasteiger partial charge is 0.390 e. The van der Waals surface area contributed by atoms with Gasteiger partial charge >= 0.3 is 0 Å². The van der Waals surface area contributed by atoms with Crippen LogP contribution in [0.25, 0.3) is 0 Å². The lowest BCUT2D eigenvalue weighted by Crippen LogP contribution is -2.33. The second-order valence-corrected chi connectivity index (χ2v) is 3.78. The highest BCUT2D eigenvalue weighted by Crippen LogP contribution is 1.91. The number of likely N-dealkylation sites (N-methyl/N-ethyl adjacent to an activating group) is 1. The third-order valence-electron chi connectivity index (χ3n) is 1.90. The monoisotopic (exact) mass is 188 g/mol. The van der Waals surface area contributed by atoms with Crippen LogP contribution in [0.3, 0.4) is 0 Å². The quantitative estimate of drug-likeness (QED) is 0.587. The van der Waals surface area contributed by atoms with E-state index in [2.05, 4.69) is 23.9 Å². The van der Waals surface area contributed by atoms with Crippen molar-refractivity contribution >= 4 is 0 Å². The van der Waals surface area contributed by atoms with Gasteiger partial charge in [-0.05, 0) is 40.7 Å². The number of nitrogens with one attached hydrogen (secondary N) is 1. The van der Waals surface area contributed by atoms with Gasteiger partial charge in [0.2, 0.25) is 0 Å². The highest BCUT2D eigenvalue weighted by Gasteiger charge is 2.05. The van der Waals surface area contributed by atoms with E-state index in [-0.39, 0.29) is 6.54 Å². The molecule has 0 saturated heterocycles. The van der Waals surface area contributed by atoms with Crippen LogP contribution in [0.1, 0.15) is 6.42 Å². The second kappa shape index (κ2) is 7.26. The van der Waals surface area contributed by atoms with Crippen molar-refractivity contribution in [2.75, 3.05) is 47.3 Å². The van der Waals surface area contributed by atoms with Gasteiger partial charge in [0.15, 0.2) is 0 Å². The van der Waals surface area contributed by atoms with Crippen LogP contribution in [0.4, 0.5) is 0 Å².